The number of amides is 1. The monoisotopic (exact) mass is 324 g/mol. The van der Waals surface area contributed by atoms with Crippen molar-refractivity contribution in [3.63, 3.8) is 0 Å². The van der Waals surface area contributed by atoms with Crippen LogP contribution in [0.3, 0.4) is 0 Å². The average Bonchev–Trinajstić information content (AvgIpc) is 3.04. The fourth-order valence-electron chi connectivity index (χ4n) is 2.61. The number of fused-ring (bicyclic) bond motifs is 1. The van der Waals surface area contributed by atoms with Crippen LogP contribution in [0.25, 0.3) is 11.1 Å². The van der Waals surface area contributed by atoms with Crippen LogP contribution < -0.4 is 0 Å². The van der Waals surface area contributed by atoms with E-state index in [1.54, 1.807) is 12.1 Å². The molecule has 1 saturated heterocycles. The van der Waals surface area contributed by atoms with Crippen molar-refractivity contribution in [1.82, 2.24) is 9.88 Å². The number of hydrogen-bond acceptors (Lipinski definition) is 4. The molecule has 2 heterocycles. The van der Waals surface area contributed by atoms with Gasteiger partial charge in [-0.05, 0) is 38.0 Å². The molecule has 112 valence electrons. The number of nitrogens with zero attached hydrogens (tertiary/aromatic N) is 2. The second kappa shape index (κ2) is 6.28. The number of carbonyl (C=O) groups is 1. The molecule has 1 atom stereocenters. The average molecular weight is 325 g/mol. The summed E-state index contributed by atoms with van der Waals surface area (Å²) in [5, 5.41) is 1.24. The van der Waals surface area contributed by atoms with E-state index in [4.69, 9.17) is 16.0 Å². The van der Waals surface area contributed by atoms with Crippen LogP contribution in [0.1, 0.15) is 26.2 Å². The highest BCUT2D eigenvalue weighted by molar-refractivity contribution is 7.99. The summed E-state index contributed by atoms with van der Waals surface area (Å²) < 4.78 is 5.62. The van der Waals surface area contributed by atoms with Crippen molar-refractivity contribution in [3.8, 4) is 0 Å². The summed E-state index contributed by atoms with van der Waals surface area (Å²) in [4.78, 5) is 18.5. The lowest BCUT2D eigenvalue weighted by Gasteiger charge is -2.20. The predicted octanol–water partition coefficient (Wildman–Crippen LogP) is 3.97. The van der Waals surface area contributed by atoms with Gasteiger partial charge in [-0.15, -0.1) is 0 Å². The first-order chi connectivity index (χ1) is 10.1. The van der Waals surface area contributed by atoms with E-state index in [1.165, 1.54) is 11.8 Å². The Kier molecular flexibility index (Phi) is 4.40. The van der Waals surface area contributed by atoms with E-state index < -0.39 is 0 Å². The Morgan fingerprint density at radius 1 is 1.57 bits per heavy atom. The van der Waals surface area contributed by atoms with Crippen LogP contribution in [-0.4, -0.2) is 34.1 Å². The summed E-state index contributed by atoms with van der Waals surface area (Å²) in [6, 6.07) is 5.75. The molecule has 2 aromatic rings. The summed E-state index contributed by atoms with van der Waals surface area (Å²) in [5.74, 6) is 0.912. The number of aromatic nitrogens is 1. The summed E-state index contributed by atoms with van der Waals surface area (Å²) in [7, 11) is 0. The molecule has 0 N–H and O–H groups in total. The lowest BCUT2D eigenvalue weighted by Crippen LogP contribution is -2.33. The van der Waals surface area contributed by atoms with Crippen molar-refractivity contribution in [3.05, 3.63) is 23.2 Å². The lowest BCUT2D eigenvalue weighted by atomic mass is 10.2. The molecule has 0 saturated carbocycles. The highest BCUT2D eigenvalue weighted by Gasteiger charge is 2.24. The van der Waals surface area contributed by atoms with E-state index in [0.29, 0.717) is 28.5 Å². The zero-order valence-electron chi connectivity index (χ0n) is 11.8. The van der Waals surface area contributed by atoms with Crippen molar-refractivity contribution in [1.29, 1.82) is 0 Å². The van der Waals surface area contributed by atoms with Crippen molar-refractivity contribution < 1.29 is 9.21 Å². The zero-order valence-corrected chi connectivity index (χ0v) is 13.4. The van der Waals surface area contributed by atoms with Crippen LogP contribution >= 0.6 is 23.4 Å². The van der Waals surface area contributed by atoms with E-state index in [0.717, 1.165) is 30.5 Å². The Bertz CT molecular complexity index is 658. The number of rotatable bonds is 4. The predicted molar refractivity (Wildman–Crippen MR) is 84.8 cm³/mol. The molecule has 1 amide bonds. The van der Waals surface area contributed by atoms with Gasteiger partial charge in [-0.2, -0.15) is 0 Å². The third-order valence-electron chi connectivity index (χ3n) is 3.74. The fourth-order valence-corrected chi connectivity index (χ4v) is 3.54. The second-order valence-corrected chi connectivity index (χ2v) is 6.75. The number of benzene rings is 1. The topological polar surface area (TPSA) is 46.3 Å². The van der Waals surface area contributed by atoms with Crippen molar-refractivity contribution in [2.75, 3.05) is 12.3 Å². The highest BCUT2D eigenvalue weighted by Crippen LogP contribution is 2.26. The van der Waals surface area contributed by atoms with Crippen LogP contribution in [0.5, 0.6) is 0 Å². The summed E-state index contributed by atoms with van der Waals surface area (Å²) >= 11 is 7.39. The van der Waals surface area contributed by atoms with Crippen LogP contribution in [0.2, 0.25) is 5.02 Å². The van der Waals surface area contributed by atoms with Gasteiger partial charge in [0.2, 0.25) is 5.91 Å². The third-order valence-corrected chi connectivity index (χ3v) is 4.81. The quantitative estimate of drug-likeness (QED) is 0.798. The first-order valence-electron chi connectivity index (χ1n) is 7.12. The summed E-state index contributed by atoms with van der Waals surface area (Å²) in [6.07, 6.45) is 2.76. The highest BCUT2D eigenvalue weighted by atomic mass is 35.5. The molecule has 4 nitrogen and oxygen atoms in total. The van der Waals surface area contributed by atoms with Gasteiger partial charge in [-0.3, -0.25) is 4.79 Å². The molecule has 0 spiro atoms. The minimum absolute atomic E-state index is 0.228. The molecule has 1 aromatic carbocycles. The Morgan fingerprint density at radius 3 is 3.19 bits per heavy atom. The number of thioether (sulfide) groups is 1. The number of oxazole rings is 1. The molecular formula is C15H17ClN2O2S. The fraction of sp³-hybridized carbons (Fsp3) is 0.467. The second-order valence-electron chi connectivity index (χ2n) is 5.27. The summed E-state index contributed by atoms with van der Waals surface area (Å²) in [5.41, 5.74) is 1.48. The van der Waals surface area contributed by atoms with Gasteiger partial charge in [-0.25, -0.2) is 4.98 Å². The number of hydrogen-bond donors (Lipinski definition) is 0. The zero-order chi connectivity index (χ0) is 14.8. The van der Waals surface area contributed by atoms with Gasteiger partial charge in [-0.1, -0.05) is 23.4 Å². The molecule has 1 aliphatic rings. The maximum atomic E-state index is 12.1. The summed E-state index contributed by atoms with van der Waals surface area (Å²) in [6.45, 7) is 3.01. The van der Waals surface area contributed by atoms with Gasteiger partial charge < -0.3 is 9.32 Å². The first kappa shape index (κ1) is 14.7. The normalized spacial score (nSPS) is 18.6. The molecular weight excluding hydrogens is 308 g/mol. The molecule has 3 rings (SSSR count). The molecule has 1 aromatic heterocycles. The maximum Gasteiger partial charge on any atom is 0.256 e. The Hall–Kier alpha value is -1.20. The van der Waals surface area contributed by atoms with Crippen LogP contribution in [0.15, 0.2) is 27.8 Å². The molecule has 21 heavy (non-hydrogen) atoms. The van der Waals surface area contributed by atoms with Crippen molar-refractivity contribution in [2.24, 2.45) is 0 Å². The SMILES string of the molecule is CC1CCCN1C(=O)CCSc1nc2cc(Cl)ccc2o1. The minimum atomic E-state index is 0.228. The van der Waals surface area contributed by atoms with E-state index in [2.05, 4.69) is 11.9 Å². The number of likely N-dealkylation sites (tertiary alicyclic amines) is 1. The number of carbonyl (C=O) groups excluding carboxylic acids is 1. The van der Waals surface area contributed by atoms with Crippen molar-refractivity contribution >= 4 is 40.4 Å². The van der Waals surface area contributed by atoms with Gasteiger partial charge in [0.05, 0.1) is 0 Å². The van der Waals surface area contributed by atoms with Gasteiger partial charge >= 0.3 is 0 Å². The maximum absolute atomic E-state index is 12.1. The molecule has 6 heteroatoms. The molecule has 0 aliphatic carbocycles. The standard InChI is InChI=1S/C15H17ClN2O2S/c1-10-3-2-7-18(10)14(19)6-8-21-15-17-12-9-11(16)4-5-13(12)20-15/h4-5,9-10H,2-3,6-8H2,1H3. The molecule has 1 fully saturated rings. The van der Waals surface area contributed by atoms with E-state index in [-0.39, 0.29) is 5.91 Å². The van der Waals surface area contributed by atoms with Gasteiger partial charge in [0, 0.05) is 29.8 Å². The smallest absolute Gasteiger partial charge is 0.256 e. The van der Waals surface area contributed by atoms with E-state index in [1.807, 2.05) is 11.0 Å². The van der Waals surface area contributed by atoms with E-state index >= 15 is 0 Å². The van der Waals surface area contributed by atoms with Crippen molar-refractivity contribution in [2.45, 2.75) is 37.5 Å². The van der Waals surface area contributed by atoms with Crippen LogP contribution in [0, 0.1) is 0 Å². The Balaban J connectivity index is 1.55. The molecule has 1 unspecified atom stereocenters. The number of halogens is 1. The van der Waals surface area contributed by atoms with Crippen LogP contribution in [-0.2, 0) is 4.79 Å². The molecule has 1 aliphatic heterocycles. The largest absolute Gasteiger partial charge is 0.431 e. The van der Waals surface area contributed by atoms with Crippen LogP contribution in [0.4, 0.5) is 0 Å². The minimum Gasteiger partial charge on any atom is -0.431 e. The molecule has 0 radical (unpaired) electrons. The van der Waals surface area contributed by atoms with Gasteiger partial charge in [0.25, 0.3) is 5.22 Å². The lowest BCUT2D eigenvalue weighted by molar-refractivity contribution is -0.131. The van der Waals surface area contributed by atoms with Gasteiger partial charge in [0.15, 0.2) is 5.58 Å². The van der Waals surface area contributed by atoms with E-state index in [9.17, 15) is 4.79 Å². The molecule has 0 bridgehead atoms. The Morgan fingerprint density at radius 2 is 2.43 bits per heavy atom. The van der Waals surface area contributed by atoms with Gasteiger partial charge in [0.1, 0.15) is 5.52 Å². The first-order valence-corrected chi connectivity index (χ1v) is 8.48. The third kappa shape index (κ3) is 3.35. The Labute approximate surface area is 132 Å².